The lowest BCUT2D eigenvalue weighted by molar-refractivity contribution is 0.0901. The van der Waals surface area contributed by atoms with Crippen LogP contribution in [0.5, 0.6) is 0 Å². The van der Waals surface area contributed by atoms with Crippen LogP contribution in [0, 0.1) is 19.8 Å². The third-order valence-corrected chi connectivity index (χ3v) is 3.91. The molecule has 0 bridgehead atoms. The van der Waals surface area contributed by atoms with Gasteiger partial charge in [-0.15, -0.1) is 36.2 Å². The van der Waals surface area contributed by atoms with Gasteiger partial charge in [0, 0.05) is 6.54 Å². The average Bonchev–Trinajstić information content (AvgIpc) is 2.56. The molecular formula is C13H25Cl2N3OS. The SMILES string of the molecule is Cc1nc(C)c(C(=O)NC(C)(CN)CC(C)C)s1.Cl.Cl. The summed E-state index contributed by atoms with van der Waals surface area (Å²) in [6.45, 7) is 10.5. The number of aryl methyl sites for hydroxylation is 2. The first kappa shape index (κ1) is 21.9. The predicted octanol–water partition coefficient (Wildman–Crippen LogP) is 3.10. The number of aromatic nitrogens is 1. The van der Waals surface area contributed by atoms with E-state index in [4.69, 9.17) is 5.73 Å². The maximum Gasteiger partial charge on any atom is 0.263 e. The normalized spacial score (nSPS) is 13.2. The molecule has 0 aliphatic carbocycles. The number of rotatable bonds is 5. The van der Waals surface area contributed by atoms with Crippen molar-refractivity contribution in [1.82, 2.24) is 10.3 Å². The van der Waals surface area contributed by atoms with Crippen molar-refractivity contribution in [2.24, 2.45) is 11.7 Å². The van der Waals surface area contributed by atoms with E-state index in [2.05, 4.69) is 24.1 Å². The Hall–Kier alpha value is -0.360. The molecule has 4 nitrogen and oxygen atoms in total. The summed E-state index contributed by atoms with van der Waals surface area (Å²) in [5, 5.41) is 3.96. The number of thiazole rings is 1. The van der Waals surface area contributed by atoms with Crippen molar-refractivity contribution >= 4 is 42.1 Å². The van der Waals surface area contributed by atoms with E-state index in [1.165, 1.54) is 11.3 Å². The van der Waals surface area contributed by atoms with E-state index < -0.39 is 0 Å². The van der Waals surface area contributed by atoms with E-state index in [0.29, 0.717) is 17.3 Å². The summed E-state index contributed by atoms with van der Waals surface area (Å²) >= 11 is 1.43. The molecule has 0 saturated heterocycles. The second kappa shape index (κ2) is 8.82. The molecular weight excluding hydrogens is 317 g/mol. The molecule has 0 aromatic carbocycles. The van der Waals surface area contributed by atoms with Crippen LogP contribution in [0.25, 0.3) is 0 Å². The van der Waals surface area contributed by atoms with Gasteiger partial charge in [0.25, 0.3) is 5.91 Å². The van der Waals surface area contributed by atoms with E-state index >= 15 is 0 Å². The van der Waals surface area contributed by atoms with Crippen molar-refractivity contribution in [3.63, 3.8) is 0 Å². The second-order valence-electron chi connectivity index (χ2n) is 5.46. The van der Waals surface area contributed by atoms with Gasteiger partial charge < -0.3 is 11.1 Å². The van der Waals surface area contributed by atoms with Gasteiger partial charge in [0.15, 0.2) is 0 Å². The Balaban J connectivity index is 0. The summed E-state index contributed by atoms with van der Waals surface area (Å²) in [5.74, 6) is 0.426. The lowest BCUT2D eigenvalue weighted by atomic mass is 9.90. The molecule has 1 unspecified atom stereocenters. The van der Waals surface area contributed by atoms with Crippen molar-refractivity contribution in [2.45, 2.75) is 46.6 Å². The van der Waals surface area contributed by atoms with E-state index in [-0.39, 0.29) is 36.3 Å². The fourth-order valence-corrected chi connectivity index (χ4v) is 2.97. The number of hydrogen-bond acceptors (Lipinski definition) is 4. The minimum atomic E-state index is -0.352. The Morgan fingerprint density at radius 1 is 1.40 bits per heavy atom. The van der Waals surface area contributed by atoms with E-state index in [1.807, 2.05) is 20.8 Å². The maximum absolute atomic E-state index is 12.2. The highest BCUT2D eigenvalue weighted by Crippen LogP contribution is 2.20. The fraction of sp³-hybridized carbons (Fsp3) is 0.692. The van der Waals surface area contributed by atoms with Crippen LogP contribution >= 0.6 is 36.2 Å². The zero-order valence-electron chi connectivity index (χ0n) is 12.6. The summed E-state index contributed by atoms with van der Waals surface area (Å²) in [5.41, 5.74) is 6.24. The van der Waals surface area contributed by atoms with Gasteiger partial charge >= 0.3 is 0 Å². The third-order valence-electron chi connectivity index (χ3n) is 2.83. The topological polar surface area (TPSA) is 68.0 Å². The highest BCUT2D eigenvalue weighted by Gasteiger charge is 2.27. The van der Waals surface area contributed by atoms with Crippen LogP contribution in [0.1, 0.15) is 47.6 Å². The van der Waals surface area contributed by atoms with Gasteiger partial charge in [-0.25, -0.2) is 4.98 Å². The Morgan fingerprint density at radius 2 is 1.95 bits per heavy atom. The summed E-state index contributed by atoms with van der Waals surface area (Å²) in [4.78, 5) is 17.2. The molecule has 0 saturated carbocycles. The van der Waals surface area contributed by atoms with Crippen molar-refractivity contribution < 1.29 is 4.79 Å². The maximum atomic E-state index is 12.2. The molecule has 0 spiro atoms. The largest absolute Gasteiger partial charge is 0.345 e. The summed E-state index contributed by atoms with van der Waals surface area (Å²) in [6, 6.07) is 0. The second-order valence-corrected chi connectivity index (χ2v) is 6.67. The fourth-order valence-electron chi connectivity index (χ4n) is 2.16. The molecule has 7 heteroatoms. The molecule has 118 valence electrons. The minimum absolute atomic E-state index is 0. The van der Waals surface area contributed by atoms with Gasteiger partial charge in [0.05, 0.1) is 16.2 Å². The first-order chi connectivity index (χ1) is 8.27. The Kier molecular flexibility index (Phi) is 9.67. The lowest BCUT2D eigenvalue weighted by Crippen LogP contribution is -2.52. The molecule has 1 aromatic rings. The first-order valence-corrected chi connectivity index (χ1v) is 7.05. The quantitative estimate of drug-likeness (QED) is 0.864. The van der Waals surface area contributed by atoms with Crippen molar-refractivity contribution in [2.75, 3.05) is 6.54 Å². The highest BCUT2D eigenvalue weighted by molar-refractivity contribution is 7.13. The summed E-state index contributed by atoms with van der Waals surface area (Å²) in [7, 11) is 0. The molecule has 3 N–H and O–H groups in total. The van der Waals surface area contributed by atoms with Crippen LogP contribution in [-0.4, -0.2) is 23.0 Å². The van der Waals surface area contributed by atoms with Gasteiger partial charge in [-0.2, -0.15) is 0 Å². The molecule has 0 radical (unpaired) electrons. The van der Waals surface area contributed by atoms with Crippen LogP contribution in [0.2, 0.25) is 0 Å². The van der Waals surface area contributed by atoms with Gasteiger partial charge in [-0.05, 0) is 33.1 Å². The number of nitrogens with zero attached hydrogens (tertiary/aromatic N) is 1. The number of nitrogens with two attached hydrogens (primary N) is 1. The lowest BCUT2D eigenvalue weighted by Gasteiger charge is -2.31. The highest BCUT2D eigenvalue weighted by atomic mass is 35.5. The number of nitrogens with one attached hydrogen (secondary N) is 1. The van der Waals surface area contributed by atoms with Crippen LogP contribution in [0.3, 0.4) is 0 Å². The molecule has 1 atom stereocenters. The van der Waals surface area contributed by atoms with Crippen LogP contribution < -0.4 is 11.1 Å². The molecule has 1 heterocycles. The van der Waals surface area contributed by atoms with Gasteiger partial charge in [-0.3, -0.25) is 4.79 Å². The van der Waals surface area contributed by atoms with Crippen molar-refractivity contribution in [3.8, 4) is 0 Å². The molecule has 0 aliphatic heterocycles. The molecule has 1 rings (SSSR count). The zero-order chi connectivity index (χ0) is 13.9. The van der Waals surface area contributed by atoms with Gasteiger partial charge in [0.1, 0.15) is 4.88 Å². The van der Waals surface area contributed by atoms with Crippen molar-refractivity contribution in [3.05, 3.63) is 15.6 Å². The Morgan fingerprint density at radius 3 is 2.30 bits per heavy atom. The monoisotopic (exact) mass is 341 g/mol. The van der Waals surface area contributed by atoms with E-state index in [9.17, 15) is 4.79 Å². The van der Waals surface area contributed by atoms with Crippen LogP contribution in [-0.2, 0) is 0 Å². The summed E-state index contributed by atoms with van der Waals surface area (Å²) in [6.07, 6.45) is 0.867. The number of carbonyl (C=O) groups excluding carboxylic acids is 1. The van der Waals surface area contributed by atoms with Crippen molar-refractivity contribution in [1.29, 1.82) is 0 Å². The number of halogens is 2. The molecule has 20 heavy (non-hydrogen) atoms. The predicted molar refractivity (Wildman–Crippen MR) is 90.5 cm³/mol. The van der Waals surface area contributed by atoms with Gasteiger partial charge in [-0.1, -0.05) is 13.8 Å². The van der Waals surface area contributed by atoms with Crippen LogP contribution in [0.4, 0.5) is 0 Å². The molecule has 1 amide bonds. The Labute approximate surface area is 137 Å². The first-order valence-electron chi connectivity index (χ1n) is 6.24. The van der Waals surface area contributed by atoms with Gasteiger partial charge in [0.2, 0.25) is 0 Å². The molecule has 0 aliphatic rings. The van der Waals surface area contributed by atoms with Crippen LogP contribution in [0.15, 0.2) is 0 Å². The minimum Gasteiger partial charge on any atom is -0.345 e. The van der Waals surface area contributed by atoms with E-state index in [1.54, 1.807) is 0 Å². The third kappa shape index (κ3) is 5.95. The molecule has 1 aromatic heterocycles. The average molecular weight is 342 g/mol. The standard InChI is InChI=1S/C13H23N3OS.2ClH/c1-8(2)6-13(5,7-14)16-12(17)11-9(3)15-10(4)18-11;;/h8H,6-7,14H2,1-5H3,(H,16,17);2*1H. The summed E-state index contributed by atoms with van der Waals surface area (Å²) < 4.78 is 0. The zero-order valence-corrected chi connectivity index (χ0v) is 15.1. The molecule has 0 fully saturated rings. The smallest absolute Gasteiger partial charge is 0.263 e. The number of hydrogen-bond donors (Lipinski definition) is 2. The Bertz CT molecular complexity index is 437. The van der Waals surface area contributed by atoms with E-state index in [0.717, 1.165) is 17.1 Å². The number of amides is 1. The number of carbonyl (C=O) groups is 1.